The van der Waals surface area contributed by atoms with E-state index in [-0.39, 0.29) is 12.0 Å². The van der Waals surface area contributed by atoms with E-state index in [1.165, 1.54) is 0 Å². The fourth-order valence-electron chi connectivity index (χ4n) is 4.01. The smallest absolute Gasteiger partial charge is 0.306 e. The lowest BCUT2D eigenvalue weighted by atomic mass is 10.1. The number of aryl methyl sites for hydroxylation is 1. The van der Waals surface area contributed by atoms with Crippen molar-refractivity contribution < 1.29 is 14.3 Å². The average Bonchev–Trinajstić information content (AvgIpc) is 3.04. The maximum atomic E-state index is 12.3. The summed E-state index contributed by atoms with van der Waals surface area (Å²) in [7, 11) is 1.63. The standard InChI is InChI=1S/C25H27N3O3/c1-5-9-23(29)31-24-17(3)28(21-13-12-19(30-4)15-20(21)24)22-14-16(2)26-25(27-22)18-10-7-6-8-11-18/h6-8,10-15,17,24H,5,9H2,1-4H3. The summed E-state index contributed by atoms with van der Waals surface area (Å²) in [4.78, 5) is 24.0. The molecule has 2 heterocycles. The molecular weight excluding hydrogens is 390 g/mol. The molecule has 0 fully saturated rings. The molecule has 1 aromatic heterocycles. The van der Waals surface area contributed by atoms with Crippen LogP contribution in [0.1, 0.15) is 44.1 Å². The fourth-order valence-corrected chi connectivity index (χ4v) is 4.01. The normalized spacial score (nSPS) is 17.4. The molecule has 0 saturated heterocycles. The minimum atomic E-state index is -0.403. The van der Waals surface area contributed by atoms with Gasteiger partial charge in [-0.1, -0.05) is 37.3 Å². The topological polar surface area (TPSA) is 64.6 Å². The number of hydrogen-bond acceptors (Lipinski definition) is 6. The Morgan fingerprint density at radius 3 is 2.58 bits per heavy atom. The van der Waals surface area contributed by atoms with Crippen molar-refractivity contribution in [3.05, 3.63) is 65.9 Å². The first-order chi connectivity index (χ1) is 15.0. The van der Waals surface area contributed by atoms with Gasteiger partial charge in [0.05, 0.1) is 18.8 Å². The van der Waals surface area contributed by atoms with E-state index in [1.54, 1.807) is 7.11 Å². The second-order valence-corrected chi connectivity index (χ2v) is 7.75. The molecule has 2 atom stereocenters. The number of hydrogen-bond donors (Lipinski definition) is 0. The third-order valence-corrected chi connectivity index (χ3v) is 5.48. The van der Waals surface area contributed by atoms with E-state index in [1.807, 2.05) is 68.4 Å². The summed E-state index contributed by atoms with van der Waals surface area (Å²) < 4.78 is 11.3. The zero-order chi connectivity index (χ0) is 22.0. The van der Waals surface area contributed by atoms with Gasteiger partial charge in [-0.15, -0.1) is 0 Å². The van der Waals surface area contributed by atoms with Gasteiger partial charge >= 0.3 is 5.97 Å². The fraction of sp³-hybridized carbons (Fsp3) is 0.320. The van der Waals surface area contributed by atoms with Gasteiger partial charge in [-0.05, 0) is 38.5 Å². The summed E-state index contributed by atoms with van der Waals surface area (Å²) in [5.74, 6) is 1.98. The first kappa shape index (κ1) is 20.8. The number of ether oxygens (including phenoxy) is 2. The Bertz CT molecular complexity index is 1080. The molecule has 3 aromatic rings. The number of esters is 1. The molecule has 0 saturated carbocycles. The lowest BCUT2D eigenvalue weighted by Crippen LogP contribution is -2.30. The average molecular weight is 418 g/mol. The van der Waals surface area contributed by atoms with Crippen LogP contribution in [-0.2, 0) is 9.53 Å². The van der Waals surface area contributed by atoms with Gasteiger partial charge in [-0.3, -0.25) is 4.79 Å². The molecule has 0 amide bonds. The Hall–Kier alpha value is -3.41. The van der Waals surface area contributed by atoms with E-state index in [4.69, 9.17) is 14.5 Å². The van der Waals surface area contributed by atoms with E-state index >= 15 is 0 Å². The van der Waals surface area contributed by atoms with E-state index in [2.05, 4.69) is 16.8 Å². The first-order valence-corrected chi connectivity index (χ1v) is 10.6. The van der Waals surface area contributed by atoms with Crippen LogP contribution in [0.2, 0.25) is 0 Å². The van der Waals surface area contributed by atoms with Gasteiger partial charge in [0.2, 0.25) is 0 Å². The highest BCUT2D eigenvalue weighted by Crippen LogP contribution is 2.47. The van der Waals surface area contributed by atoms with Gasteiger partial charge in [0, 0.05) is 29.3 Å². The molecule has 1 aliphatic rings. The summed E-state index contributed by atoms with van der Waals surface area (Å²) in [5, 5.41) is 0. The number of nitrogens with zero attached hydrogens (tertiary/aromatic N) is 3. The van der Waals surface area contributed by atoms with Crippen molar-refractivity contribution in [2.45, 2.75) is 45.8 Å². The quantitative estimate of drug-likeness (QED) is 0.502. The highest BCUT2D eigenvalue weighted by Gasteiger charge is 2.40. The van der Waals surface area contributed by atoms with Crippen LogP contribution in [0.4, 0.5) is 11.5 Å². The lowest BCUT2D eigenvalue weighted by molar-refractivity contribution is -0.150. The number of methoxy groups -OCH3 is 1. The van der Waals surface area contributed by atoms with Crippen molar-refractivity contribution in [1.29, 1.82) is 0 Å². The van der Waals surface area contributed by atoms with E-state index < -0.39 is 6.10 Å². The van der Waals surface area contributed by atoms with Gasteiger partial charge < -0.3 is 14.4 Å². The first-order valence-electron chi connectivity index (χ1n) is 10.6. The van der Waals surface area contributed by atoms with Crippen LogP contribution in [-0.4, -0.2) is 29.1 Å². The Balaban J connectivity index is 1.79. The zero-order valence-electron chi connectivity index (χ0n) is 18.3. The molecule has 160 valence electrons. The van der Waals surface area contributed by atoms with Crippen LogP contribution in [0.25, 0.3) is 11.4 Å². The summed E-state index contributed by atoms with van der Waals surface area (Å²) in [6.45, 7) is 5.99. The lowest BCUT2D eigenvalue weighted by Gasteiger charge is -2.26. The Labute approximate surface area is 182 Å². The molecule has 6 nitrogen and oxygen atoms in total. The number of fused-ring (bicyclic) bond motifs is 1. The van der Waals surface area contributed by atoms with Gasteiger partial charge in [-0.25, -0.2) is 9.97 Å². The Morgan fingerprint density at radius 2 is 1.87 bits per heavy atom. The largest absolute Gasteiger partial charge is 0.497 e. The van der Waals surface area contributed by atoms with Crippen molar-refractivity contribution in [3.8, 4) is 17.1 Å². The molecule has 4 rings (SSSR count). The van der Waals surface area contributed by atoms with Crippen LogP contribution in [0.3, 0.4) is 0 Å². The third kappa shape index (κ3) is 4.10. The van der Waals surface area contributed by atoms with Crippen molar-refractivity contribution in [2.24, 2.45) is 0 Å². The van der Waals surface area contributed by atoms with Gasteiger partial charge in [0.15, 0.2) is 5.82 Å². The molecule has 0 radical (unpaired) electrons. The number of anilines is 2. The number of rotatable bonds is 6. The molecule has 2 unspecified atom stereocenters. The van der Waals surface area contributed by atoms with Crippen molar-refractivity contribution in [3.63, 3.8) is 0 Å². The van der Waals surface area contributed by atoms with Crippen molar-refractivity contribution >= 4 is 17.5 Å². The monoisotopic (exact) mass is 417 g/mol. The molecule has 1 aliphatic heterocycles. The highest BCUT2D eigenvalue weighted by molar-refractivity contribution is 5.75. The Morgan fingerprint density at radius 1 is 1.10 bits per heavy atom. The second-order valence-electron chi connectivity index (χ2n) is 7.75. The van der Waals surface area contributed by atoms with Crippen LogP contribution < -0.4 is 9.64 Å². The number of benzene rings is 2. The summed E-state index contributed by atoms with van der Waals surface area (Å²) in [5.41, 5.74) is 3.71. The predicted molar refractivity (Wildman–Crippen MR) is 121 cm³/mol. The van der Waals surface area contributed by atoms with E-state index in [0.29, 0.717) is 12.2 Å². The van der Waals surface area contributed by atoms with Crippen molar-refractivity contribution in [2.75, 3.05) is 12.0 Å². The van der Waals surface area contributed by atoms with Crippen LogP contribution in [0.15, 0.2) is 54.6 Å². The molecule has 0 N–H and O–H groups in total. The van der Waals surface area contributed by atoms with Gasteiger partial charge in [0.1, 0.15) is 17.7 Å². The minimum absolute atomic E-state index is 0.124. The molecular formula is C25H27N3O3. The minimum Gasteiger partial charge on any atom is -0.497 e. The molecule has 6 heteroatoms. The van der Waals surface area contributed by atoms with Gasteiger partial charge in [-0.2, -0.15) is 0 Å². The summed E-state index contributed by atoms with van der Waals surface area (Å²) in [6.07, 6.45) is 0.743. The third-order valence-electron chi connectivity index (χ3n) is 5.48. The SMILES string of the molecule is CCCC(=O)OC1c2cc(OC)ccc2N(c2cc(C)nc(-c3ccccc3)n2)C1C. The predicted octanol–water partition coefficient (Wildman–Crippen LogP) is 5.39. The highest BCUT2D eigenvalue weighted by atomic mass is 16.5. The molecule has 31 heavy (non-hydrogen) atoms. The molecule has 2 aromatic carbocycles. The molecule has 0 bridgehead atoms. The number of aromatic nitrogens is 2. The number of carbonyl (C=O) groups excluding carboxylic acids is 1. The molecule has 0 spiro atoms. The van der Waals surface area contributed by atoms with Crippen LogP contribution in [0, 0.1) is 6.92 Å². The van der Waals surface area contributed by atoms with E-state index in [9.17, 15) is 4.79 Å². The van der Waals surface area contributed by atoms with Crippen molar-refractivity contribution in [1.82, 2.24) is 9.97 Å². The number of carbonyl (C=O) groups is 1. The Kier molecular flexibility index (Phi) is 5.89. The summed E-state index contributed by atoms with van der Waals surface area (Å²) in [6, 6.07) is 17.6. The van der Waals surface area contributed by atoms with Gasteiger partial charge in [0.25, 0.3) is 0 Å². The molecule has 0 aliphatic carbocycles. The van der Waals surface area contributed by atoms with Crippen LogP contribution >= 0.6 is 0 Å². The zero-order valence-corrected chi connectivity index (χ0v) is 18.3. The maximum absolute atomic E-state index is 12.3. The van der Waals surface area contributed by atoms with E-state index in [0.717, 1.165) is 40.5 Å². The van der Waals surface area contributed by atoms with Crippen LogP contribution in [0.5, 0.6) is 5.75 Å². The second kappa shape index (κ2) is 8.76. The summed E-state index contributed by atoms with van der Waals surface area (Å²) >= 11 is 0. The maximum Gasteiger partial charge on any atom is 0.306 e.